The number of ether oxygens (including phenoxy) is 1. The van der Waals surface area contributed by atoms with Gasteiger partial charge in [0.15, 0.2) is 0 Å². The van der Waals surface area contributed by atoms with E-state index in [1.54, 1.807) is 4.90 Å². The number of esters is 1. The number of urea groups is 1. The number of hydrogen-bond acceptors (Lipinski definition) is 5. The molecule has 0 spiro atoms. The Labute approximate surface area is 175 Å². The molecule has 30 heavy (non-hydrogen) atoms. The first kappa shape index (κ1) is 19.8. The summed E-state index contributed by atoms with van der Waals surface area (Å²) in [5.41, 5.74) is 3.72. The van der Waals surface area contributed by atoms with Gasteiger partial charge in [-0.1, -0.05) is 30.3 Å². The number of carbonyl (C=O) groups is 2. The van der Waals surface area contributed by atoms with Gasteiger partial charge in [0, 0.05) is 18.8 Å². The lowest BCUT2D eigenvalue weighted by molar-refractivity contribution is -0.151. The molecule has 3 aromatic rings. The van der Waals surface area contributed by atoms with E-state index < -0.39 is 0 Å². The Kier molecular flexibility index (Phi) is 5.88. The quantitative estimate of drug-likeness (QED) is 0.666. The predicted molar refractivity (Wildman–Crippen MR) is 114 cm³/mol. The molecule has 7 heteroatoms. The van der Waals surface area contributed by atoms with Gasteiger partial charge in [-0.15, -0.1) is 0 Å². The Morgan fingerprint density at radius 2 is 1.77 bits per heavy atom. The molecule has 1 aliphatic heterocycles. The van der Waals surface area contributed by atoms with Crippen molar-refractivity contribution in [1.29, 1.82) is 0 Å². The summed E-state index contributed by atoms with van der Waals surface area (Å²) in [6.07, 6.45) is 1.47. The van der Waals surface area contributed by atoms with Crippen molar-refractivity contribution in [3.05, 3.63) is 66.0 Å². The van der Waals surface area contributed by atoms with Crippen LogP contribution in [0.4, 0.5) is 10.5 Å². The van der Waals surface area contributed by atoms with E-state index in [0.29, 0.717) is 25.2 Å². The molecule has 0 unspecified atom stereocenters. The number of piperidine rings is 1. The number of rotatable bonds is 4. The third-order valence-electron chi connectivity index (χ3n) is 5.26. The summed E-state index contributed by atoms with van der Waals surface area (Å²) >= 11 is 0. The number of aryl methyl sites for hydroxylation is 1. The van der Waals surface area contributed by atoms with Gasteiger partial charge in [-0.3, -0.25) is 4.79 Å². The number of carbonyl (C=O) groups excluding carboxylic acids is 2. The molecule has 0 bridgehead atoms. The van der Waals surface area contributed by atoms with Crippen LogP contribution >= 0.6 is 0 Å². The molecule has 2 heterocycles. The number of hydrogen-bond donors (Lipinski definition) is 1. The number of nitrogens with one attached hydrogen (secondary N) is 1. The van der Waals surface area contributed by atoms with Gasteiger partial charge in [0.2, 0.25) is 0 Å². The number of para-hydroxylation sites is 3. The fourth-order valence-corrected chi connectivity index (χ4v) is 3.60. The molecule has 154 valence electrons. The number of likely N-dealkylation sites (tertiary alicyclic amines) is 1. The van der Waals surface area contributed by atoms with Crippen LogP contribution in [0, 0.1) is 12.8 Å². The third-order valence-corrected chi connectivity index (χ3v) is 5.26. The minimum absolute atomic E-state index is 0.0786. The monoisotopic (exact) mass is 404 g/mol. The van der Waals surface area contributed by atoms with Gasteiger partial charge in [-0.05, 0) is 44.0 Å². The molecule has 4 rings (SSSR count). The molecule has 1 aromatic heterocycles. The first-order chi connectivity index (χ1) is 14.6. The van der Waals surface area contributed by atoms with Crippen molar-refractivity contribution >= 4 is 28.7 Å². The molecule has 2 amide bonds. The molecule has 1 aliphatic rings. The van der Waals surface area contributed by atoms with Crippen LogP contribution in [-0.2, 0) is 16.1 Å². The summed E-state index contributed by atoms with van der Waals surface area (Å²) in [5.74, 6) is -0.643. The molecule has 0 radical (unpaired) electrons. The highest BCUT2D eigenvalue weighted by Crippen LogP contribution is 2.20. The van der Waals surface area contributed by atoms with Crippen LogP contribution in [-0.4, -0.2) is 40.0 Å². The highest BCUT2D eigenvalue weighted by atomic mass is 16.5. The van der Waals surface area contributed by atoms with Crippen molar-refractivity contribution in [1.82, 2.24) is 14.9 Å². The number of benzene rings is 2. The summed E-state index contributed by atoms with van der Waals surface area (Å²) in [7, 11) is 0. The molecular weight excluding hydrogens is 380 g/mol. The molecule has 1 atom stereocenters. The van der Waals surface area contributed by atoms with Crippen LogP contribution in [0.15, 0.2) is 54.6 Å². The zero-order valence-corrected chi connectivity index (χ0v) is 16.9. The topological polar surface area (TPSA) is 84.4 Å². The summed E-state index contributed by atoms with van der Waals surface area (Å²) in [6.45, 7) is 2.91. The molecule has 1 N–H and O–H groups in total. The SMILES string of the molecule is Cc1nc2ccccc2nc1COC(=O)[C@H]1CCCN(C(=O)Nc2ccccc2)C1. The van der Waals surface area contributed by atoms with E-state index in [9.17, 15) is 9.59 Å². The largest absolute Gasteiger partial charge is 0.459 e. The fourth-order valence-electron chi connectivity index (χ4n) is 3.60. The third kappa shape index (κ3) is 4.56. The minimum Gasteiger partial charge on any atom is -0.459 e. The van der Waals surface area contributed by atoms with Crippen molar-refractivity contribution in [2.24, 2.45) is 5.92 Å². The van der Waals surface area contributed by atoms with Gasteiger partial charge in [0.05, 0.1) is 28.3 Å². The predicted octanol–water partition coefficient (Wildman–Crippen LogP) is 3.93. The summed E-state index contributed by atoms with van der Waals surface area (Å²) in [6, 6.07) is 16.7. The zero-order chi connectivity index (χ0) is 20.9. The summed E-state index contributed by atoms with van der Waals surface area (Å²) in [4.78, 5) is 35.9. The molecule has 1 fully saturated rings. The van der Waals surface area contributed by atoms with Crippen LogP contribution in [0.5, 0.6) is 0 Å². The van der Waals surface area contributed by atoms with Crippen LogP contribution < -0.4 is 5.32 Å². The van der Waals surface area contributed by atoms with E-state index in [1.165, 1.54) is 0 Å². The van der Waals surface area contributed by atoms with E-state index in [4.69, 9.17) is 4.74 Å². The molecule has 2 aromatic carbocycles. The van der Waals surface area contributed by atoms with Gasteiger partial charge in [0.1, 0.15) is 6.61 Å². The van der Waals surface area contributed by atoms with Crippen molar-refractivity contribution in [3.8, 4) is 0 Å². The van der Waals surface area contributed by atoms with E-state index in [-0.39, 0.29) is 24.5 Å². The first-order valence-corrected chi connectivity index (χ1v) is 10.1. The Balaban J connectivity index is 1.35. The Morgan fingerprint density at radius 1 is 1.07 bits per heavy atom. The number of aromatic nitrogens is 2. The van der Waals surface area contributed by atoms with Crippen molar-refractivity contribution < 1.29 is 14.3 Å². The van der Waals surface area contributed by atoms with Crippen LogP contribution in [0.1, 0.15) is 24.2 Å². The second kappa shape index (κ2) is 8.90. The van der Waals surface area contributed by atoms with Gasteiger partial charge in [0.25, 0.3) is 0 Å². The average Bonchev–Trinajstić information content (AvgIpc) is 2.78. The van der Waals surface area contributed by atoms with Gasteiger partial charge in [-0.2, -0.15) is 0 Å². The Bertz CT molecular complexity index is 1050. The number of anilines is 1. The highest BCUT2D eigenvalue weighted by molar-refractivity contribution is 5.89. The average molecular weight is 404 g/mol. The van der Waals surface area contributed by atoms with E-state index in [0.717, 1.165) is 28.8 Å². The molecule has 1 saturated heterocycles. The molecule has 0 aliphatic carbocycles. The molecule has 7 nitrogen and oxygen atoms in total. The Hall–Kier alpha value is -3.48. The van der Waals surface area contributed by atoms with Crippen molar-refractivity contribution in [2.45, 2.75) is 26.4 Å². The maximum atomic E-state index is 12.6. The normalized spacial score (nSPS) is 16.3. The van der Waals surface area contributed by atoms with Crippen LogP contribution in [0.25, 0.3) is 11.0 Å². The minimum atomic E-state index is -0.339. The van der Waals surface area contributed by atoms with Gasteiger partial charge < -0.3 is 15.0 Å². The summed E-state index contributed by atoms with van der Waals surface area (Å²) < 4.78 is 5.54. The second-order valence-corrected chi connectivity index (χ2v) is 7.43. The summed E-state index contributed by atoms with van der Waals surface area (Å²) in [5, 5.41) is 2.87. The second-order valence-electron chi connectivity index (χ2n) is 7.43. The van der Waals surface area contributed by atoms with E-state index in [1.807, 2.05) is 61.5 Å². The lowest BCUT2D eigenvalue weighted by Gasteiger charge is -2.31. The lowest BCUT2D eigenvalue weighted by atomic mass is 9.98. The van der Waals surface area contributed by atoms with Crippen LogP contribution in [0.2, 0.25) is 0 Å². The number of fused-ring (bicyclic) bond motifs is 1. The van der Waals surface area contributed by atoms with Crippen molar-refractivity contribution in [3.63, 3.8) is 0 Å². The van der Waals surface area contributed by atoms with E-state index >= 15 is 0 Å². The van der Waals surface area contributed by atoms with Crippen molar-refractivity contribution in [2.75, 3.05) is 18.4 Å². The number of nitrogens with zero attached hydrogens (tertiary/aromatic N) is 3. The lowest BCUT2D eigenvalue weighted by Crippen LogP contribution is -2.44. The highest BCUT2D eigenvalue weighted by Gasteiger charge is 2.29. The van der Waals surface area contributed by atoms with Gasteiger partial charge >= 0.3 is 12.0 Å². The van der Waals surface area contributed by atoms with Gasteiger partial charge in [-0.25, -0.2) is 14.8 Å². The standard InChI is InChI=1S/C23H24N4O3/c1-16-21(26-20-12-6-5-11-19(20)24-16)15-30-22(28)17-8-7-13-27(14-17)23(29)25-18-9-3-2-4-10-18/h2-6,9-12,17H,7-8,13-15H2,1H3,(H,25,29)/t17-/m0/s1. The Morgan fingerprint density at radius 3 is 2.53 bits per heavy atom. The smallest absolute Gasteiger partial charge is 0.321 e. The number of amides is 2. The van der Waals surface area contributed by atoms with Crippen LogP contribution in [0.3, 0.4) is 0 Å². The molecule has 0 saturated carbocycles. The first-order valence-electron chi connectivity index (χ1n) is 10.1. The fraction of sp³-hybridized carbons (Fsp3) is 0.304. The maximum Gasteiger partial charge on any atom is 0.321 e. The van der Waals surface area contributed by atoms with E-state index in [2.05, 4.69) is 15.3 Å². The maximum absolute atomic E-state index is 12.6. The zero-order valence-electron chi connectivity index (χ0n) is 16.9. The molecular formula is C23H24N4O3.